The van der Waals surface area contributed by atoms with Crippen molar-refractivity contribution in [3.05, 3.63) is 35.4 Å². The van der Waals surface area contributed by atoms with Crippen LogP contribution in [0.4, 0.5) is 0 Å². The fraction of sp³-hybridized carbons (Fsp3) is 0.667. The van der Waals surface area contributed by atoms with E-state index in [1.807, 2.05) is 6.92 Å². The van der Waals surface area contributed by atoms with Gasteiger partial charge in [0, 0.05) is 39.0 Å². The van der Waals surface area contributed by atoms with E-state index in [9.17, 15) is 8.42 Å². The van der Waals surface area contributed by atoms with Crippen LogP contribution in [0.3, 0.4) is 0 Å². The Morgan fingerprint density at radius 2 is 2.00 bits per heavy atom. The number of hydrogen-bond donors (Lipinski definition) is 2. The first-order chi connectivity index (χ1) is 13.3. The molecule has 2 N–H and O–H groups in total. The van der Waals surface area contributed by atoms with E-state index in [0.29, 0.717) is 18.9 Å². The standard InChI is InChI=1S/C21H36N4O2S.HI/c1-17-8-7-12-25(15-17)16-20-10-6-5-9-19(20)14-23-21(22-3)24-18(2)11-13-28(4,26)27;/h5-6,9-10,17-18H,7-8,11-16H2,1-4H3,(H2,22,23,24);1H. The van der Waals surface area contributed by atoms with Crippen LogP contribution in [-0.2, 0) is 22.9 Å². The Bertz CT molecular complexity index is 755. The monoisotopic (exact) mass is 536 g/mol. The summed E-state index contributed by atoms with van der Waals surface area (Å²) in [4.78, 5) is 6.83. The number of sulfone groups is 1. The van der Waals surface area contributed by atoms with Crippen LogP contribution >= 0.6 is 24.0 Å². The number of benzene rings is 1. The highest BCUT2D eigenvalue weighted by Gasteiger charge is 2.17. The lowest BCUT2D eigenvalue weighted by Gasteiger charge is -2.31. The van der Waals surface area contributed by atoms with Gasteiger partial charge in [0.25, 0.3) is 0 Å². The zero-order chi connectivity index (χ0) is 20.6. The molecule has 1 aromatic carbocycles. The van der Waals surface area contributed by atoms with Crippen molar-refractivity contribution in [2.24, 2.45) is 10.9 Å². The topological polar surface area (TPSA) is 73.8 Å². The molecule has 0 spiro atoms. The summed E-state index contributed by atoms with van der Waals surface area (Å²) in [6, 6.07) is 8.58. The fourth-order valence-electron chi connectivity index (χ4n) is 3.63. The number of nitrogens with one attached hydrogen (secondary N) is 2. The van der Waals surface area contributed by atoms with Crippen molar-refractivity contribution in [3.8, 4) is 0 Å². The minimum Gasteiger partial charge on any atom is -0.354 e. The molecule has 0 aliphatic carbocycles. The number of nitrogens with zero attached hydrogens (tertiary/aromatic N) is 2. The second-order valence-corrected chi connectivity index (χ2v) is 10.4. The van der Waals surface area contributed by atoms with Crippen molar-refractivity contribution in [2.75, 3.05) is 32.1 Å². The van der Waals surface area contributed by atoms with Crippen molar-refractivity contribution in [1.82, 2.24) is 15.5 Å². The molecule has 0 aromatic heterocycles. The van der Waals surface area contributed by atoms with Crippen LogP contribution in [-0.4, -0.2) is 57.5 Å². The van der Waals surface area contributed by atoms with E-state index < -0.39 is 9.84 Å². The number of halogens is 1. The molecule has 1 saturated heterocycles. The predicted molar refractivity (Wildman–Crippen MR) is 133 cm³/mol. The molecular weight excluding hydrogens is 499 g/mol. The van der Waals surface area contributed by atoms with Gasteiger partial charge in [-0.05, 0) is 49.8 Å². The van der Waals surface area contributed by atoms with Crippen molar-refractivity contribution in [2.45, 2.75) is 52.2 Å². The highest BCUT2D eigenvalue weighted by molar-refractivity contribution is 14.0. The van der Waals surface area contributed by atoms with Gasteiger partial charge in [-0.25, -0.2) is 8.42 Å². The molecule has 166 valence electrons. The molecular formula is C21H37IN4O2S. The first-order valence-corrected chi connectivity index (χ1v) is 12.3. The molecule has 6 nitrogen and oxygen atoms in total. The summed E-state index contributed by atoms with van der Waals surface area (Å²) < 4.78 is 22.7. The van der Waals surface area contributed by atoms with Crippen LogP contribution in [0, 0.1) is 5.92 Å². The van der Waals surface area contributed by atoms with E-state index in [4.69, 9.17) is 0 Å². The van der Waals surface area contributed by atoms with Gasteiger partial charge in [-0.15, -0.1) is 24.0 Å². The summed E-state index contributed by atoms with van der Waals surface area (Å²) in [5, 5.41) is 6.65. The molecule has 2 unspecified atom stereocenters. The Kier molecular flexibility index (Phi) is 11.5. The maximum absolute atomic E-state index is 11.3. The largest absolute Gasteiger partial charge is 0.354 e. The minimum atomic E-state index is -2.95. The highest BCUT2D eigenvalue weighted by atomic mass is 127. The maximum Gasteiger partial charge on any atom is 0.191 e. The Hall–Kier alpha value is -0.870. The average Bonchev–Trinajstić information content (AvgIpc) is 2.64. The van der Waals surface area contributed by atoms with Gasteiger partial charge in [-0.1, -0.05) is 31.2 Å². The molecule has 0 radical (unpaired) electrons. The Labute approximate surface area is 193 Å². The summed E-state index contributed by atoms with van der Waals surface area (Å²) in [7, 11) is -1.21. The summed E-state index contributed by atoms with van der Waals surface area (Å²) in [5.41, 5.74) is 2.62. The van der Waals surface area contributed by atoms with Crippen molar-refractivity contribution < 1.29 is 8.42 Å². The Morgan fingerprint density at radius 1 is 1.31 bits per heavy atom. The van der Waals surface area contributed by atoms with Crippen molar-refractivity contribution in [3.63, 3.8) is 0 Å². The quantitative estimate of drug-likeness (QED) is 0.304. The molecule has 0 bridgehead atoms. The summed E-state index contributed by atoms with van der Waals surface area (Å²) in [6.45, 7) is 8.33. The van der Waals surface area contributed by atoms with Crippen LogP contribution in [0.5, 0.6) is 0 Å². The highest BCUT2D eigenvalue weighted by Crippen LogP contribution is 2.19. The predicted octanol–water partition coefficient (Wildman–Crippen LogP) is 3.02. The molecule has 1 fully saturated rings. The molecule has 1 heterocycles. The molecule has 2 atom stereocenters. The van der Waals surface area contributed by atoms with Gasteiger partial charge in [0.15, 0.2) is 5.96 Å². The number of piperidine rings is 1. The summed E-state index contributed by atoms with van der Waals surface area (Å²) in [6.07, 6.45) is 4.44. The van der Waals surface area contributed by atoms with E-state index in [0.717, 1.165) is 12.5 Å². The van der Waals surface area contributed by atoms with Crippen LogP contribution in [0.2, 0.25) is 0 Å². The zero-order valence-corrected chi connectivity index (χ0v) is 21.3. The summed E-state index contributed by atoms with van der Waals surface area (Å²) in [5.74, 6) is 1.65. The van der Waals surface area contributed by atoms with Crippen LogP contribution in [0.25, 0.3) is 0 Å². The molecule has 29 heavy (non-hydrogen) atoms. The van der Waals surface area contributed by atoms with E-state index in [-0.39, 0.29) is 35.8 Å². The summed E-state index contributed by atoms with van der Waals surface area (Å²) >= 11 is 0. The van der Waals surface area contributed by atoms with Gasteiger partial charge in [0.1, 0.15) is 9.84 Å². The van der Waals surface area contributed by atoms with Crippen molar-refractivity contribution in [1.29, 1.82) is 0 Å². The van der Waals surface area contributed by atoms with Gasteiger partial charge in [0.2, 0.25) is 0 Å². The van der Waals surface area contributed by atoms with Crippen LogP contribution in [0.15, 0.2) is 29.3 Å². The van der Waals surface area contributed by atoms with Crippen molar-refractivity contribution >= 4 is 39.8 Å². The number of aliphatic imine (C=N–C) groups is 1. The number of guanidine groups is 1. The van der Waals surface area contributed by atoms with Gasteiger partial charge in [-0.2, -0.15) is 0 Å². The van der Waals surface area contributed by atoms with Gasteiger partial charge < -0.3 is 10.6 Å². The fourth-order valence-corrected chi connectivity index (χ4v) is 4.41. The molecule has 1 aromatic rings. The number of likely N-dealkylation sites (tertiary alicyclic amines) is 1. The van der Waals surface area contributed by atoms with E-state index in [2.05, 4.69) is 51.7 Å². The van der Waals surface area contributed by atoms with Gasteiger partial charge >= 0.3 is 0 Å². The third-order valence-electron chi connectivity index (χ3n) is 5.23. The molecule has 8 heteroatoms. The second-order valence-electron chi connectivity index (χ2n) is 8.14. The SMILES string of the molecule is CN=C(NCc1ccccc1CN1CCCC(C)C1)NC(C)CCS(C)(=O)=O.I. The van der Waals surface area contributed by atoms with Gasteiger partial charge in [-0.3, -0.25) is 9.89 Å². The Balaban J connectivity index is 0.00000420. The van der Waals surface area contributed by atoms with E-state index in [1.165, 1.54) is 43.3 Å². The van der Waals surface area contributed by atoms with Crippen LogP contribution < -0.4 is 10.6 Å². The Morgan fingerprint density at radius 3 is 2.62 bits per heavy atom. The molecule has 2 rings (SSSR count). The normalized spacial score (nSPS) is 19.3. The molecule has 0 amide bonds. The minimum absolute atomic E-state index is 0. The van der Waals surface area contributed by atoms with E-state index >= 15 is 0 Å². The first-order valence-electron chi connectivity index (χ1n) is 10.2. The second kappa shape index (κ2) is 12.7. The number of hydrogen-bond acceptors (Lipinski definition) is 4. The third kappa shape index (κ3) is 10.1. The molecule has 1 aliphatic rings. The van der Waals surface area contributed by atoms with Gasteiger partial charge in [0.05, 0.1) is 5.75 Å². The maximum atomic E-state index is 11.3. The lowest BCUT2D eigenvalue weighted by molar-refractivity contribution is 0.176. The first kappa shape index (κ1) is 26.2. The lowest BCUT2D eigenvalue weighted by Crippen LogP contribution is -2.42. The van der Waals surface area contributed by atoms with E-state index in [1.54, 1.807) is 7.05 Å². The smallest absolute Gasteiger partial charge is 0.191 e. The molecule has 1 aliphatic heterocycles. The van der Waals surface area contributed by atoms with Crippen LogP contribution in [0.1, 0.15) is 44.2 Å². The molecule has 0 saturated carbocycles. The zero-order valence-electron chi connectivity index (χ0n) is 18.1. The average molecular weight is 537 g/mol. The lowest BCUT2D eigenvalue weighted by atomic mass is 9.99. The number of rotatable bonds is 8. The third-order valence-corrected chi connectivity index (χ3v) is 6.21.